The van der Waals surface area contributed by atoms with Crippen molar-refractivity contribution < 1.29 is 17.6 Å². The van der Waals surface area contributed by atoms with Gasteiger partial charge in [0.2, 0.25) is 15.9 Å². The van der Waals surface area contributed by atoms with Crippen LogP contribution in [0.15, 0.2) is 47.4 Å². The molecule has 27 heavy (non-hydrogen) atoms. The summed E-state index contributed by atoms with van der Waals surface area (Å²) >= 11 is 0. The Morgan fingerprint density at radius 1 is 1.15 bits per heavy atom. The molecule has 144 valence electrons. The van der Waals surface area contributed by atoms with Gasteiger partial charge in [-0.05, 0) is 56.5 Å². The van der Waals surface area contributed by atoms with Crippen molar-refractivity contribution in [1.29, 1.82) is 0 Å². The minimum atomic E-state index is -3.64. The Bertz CT molecular complexity index is 942. The molecule has 0 radical (unpaired) electrons. The van der Waals surface area contributed by atoms with Crippen LogP contribution >= 0.6 is 0 Å². The Balaban J connectivity index is 1.72. The molecule has 0 bridgehead atoms. The number of amides is 1. The largest absolute Gasteiger partial charge is 0.326 e. The highest BCUT2D eigenvalue weighted by atomic mass is 32.2. The summed E-state index contributed by atoms with van der Waals surface area (Å²) in [5.74, 6) is -1.15. The molecule has 1 N–H and O–H groups in total. The lowest BCUT2D eigenvalue weighted by Crippen LogP contribution is -2.43. The number of nitrogens with one attached hydrogen (secondary N) is 1. The molecule has 7 heteroatoms. The summed E-state index contributed by atoms with van der Waals surface area (Å²) < 4.78 is 40.7. The Morgan fingerprint density at radius 2 is 1.85 bits per heavy atom. The lowest BCUT2D eigenvalue weighted by Gasteiger charge is -2.31. The summed E-state index contributed by atoms with van der Waals surface area (Å²) in [7, 11) is -3.64. The number of nitrogens with zero attached hydrogens (tertiary/aromatic N) is 1. The maximum Gasteiger partial charge on any atom is 0.243 e. The summed E-state index contributed by atoms with van der Waals surface area (Å²) in [6.45, 7) is 4.05. The molecular weight excluding hydrogens is 367 g/mol. The van der Waals surface area contributed by atoms with Crippen molar-refractivity contribution in [1.82, 2.24) is 4.31 Å². The van der Waals surface area contributed by atoms with Crippen LogP contribution in [0, 0.1) is 25.6 Å². The van der Waals surface area contributed by atoms with Crippen LogP contribution in [0.1, 0.15) is 24.0 Å². The van der Waals surface area contributed by atoms with Gasteiger partial charge in [-0.25, -0.2) is 12.8 Å². The zero-order valence-corrected chi connectivity index (χ0v) is 16.2. The first-order valence-corrected chi connectivity index (χ1v) is 10.4. The number of halogens is 1. The number of benzene rings is 2. The standard InChI is InChI=1S/C20H23FN2O3S/c1-14-5-9-18(10-6-14)27(25,26)23-11-3-4-16(13-23)20(24)22-17-8-7-15(2)19(21)12-17/h5-10,12,16H,3-4,11,13H2,1-2H3,(H,22,24). The molecule has 1 aliphatic rings. The van der Waals surface area contributed by atoms with Crippen molar-refractivity contribution in [2.24, 2.45) is 5.92 Å². The summed E-state index contributed by atoms with van der Waals surface area (Å²) in [4.78, 5) is 12.8. The van der Waals surface area contributed by atoms with Gasteiger partial charge in [-0.2, -0.15) is 4.31 Å². The van der Waals surface area contributed by atoms with Gasteiger partial charge in [0.05, 0.1) is 10.8 Å². The lowest BCUT2D eigenvalue weighted by molar-refractivity contribution is -0.120. The Hall–Kier alpha value is -2.25. The SMILES string of the molecule is Cc1ccc(S(=O)(=O)N2CCCC(C(=O)Nc3ccc(C)c(F)c3)C2)cc1. The third kappa shape index (κ3) is 4.36. The van der Waals surface area contributed by atoms with E-state index in [-0.39, 0.29) is 23.2 Å². The number of sulfonamides is 1. The van der Waals surface area contributed by atoms with Crippen LogP contribution in [0.2, 0.25) is 0 Å². The van der Waals surface area contributed by atoms with E-state index in [1.54, 1.807) is 43.3 Å². The topological polar surface area (TPSA) is 66.5 Å². The van der Waals surface area contributed by atoms with E-state index in [1.165, 1.54) is 10.4 Å². The van der Waals surface area contributed by atoms with Gasteiger partial charge < -0.3 is 5.32 Å². The number of carbonyl (C=O) groups excluding carboxylic acids is 1. The lowest BCUT2D eigenvalue weighted by atomic mass is 9.98. The second-order valence-electron chi connectivity index (χ2n) is 6.97. The van der Waals surface area contributed by atoms with Gasteiger partial charge in [-0.15, -0.1) is 0 Å². The van der Waals surface area contributed by atoms with E-state index >= 15 is 0 Å². The molecule has 2 aromatic carbocycles. The molecule has 1 fully saturated rings. The van der Waals surface area contributed by atoms with E-state index in [0.29, 0.717) is 30.6 Å². The van der Waals surface area contributed by atoms with Crippen molar-refractivity contribution in [2.45, 2.75) is 31.6 Å². The van der Waals surface area contributed by atoms with Gasteiger partial charge in [0.25, 0.3) is 0 Å². The maximum absolute atomic E-state index is 13.7. The van der Waals surface area contributed by atoms with Crippen molar-refractivity contribution in [3.05, 3.63) is 59.4 Å². The third-order valence-electron chi connectivity index (χ3n) is 4.85. The second-order valence-corrected chi connectivity index (χ2v) is 8.91. The van der Waals surface area contributed by atoms with E-state index in [0.717, 1.165) is 5.56 Å². The van der Waals surface area contributed by atoms with Gasteiger partial charge in [-0.3, -0.25) is 4.79 Å². The maximum atomic E-state index is 13.7. The van der Waals surface area contributed by atoms with Crippen molar-refractivity contribution in [2.75, 3.05) is 18.4 Å². The first-order chi connectivity index (χ1) is 12.8. The smallest absolute Gasteiger partial charge is 0.243 e. The number of piperidine rings is 1. The molecule has 5 nitrogen and oxygen atoms in total. The van der Waals surface area contributed by atoms with Crippen molar-refractivity contribution in [3.63, 3.8) is 0 Å². The zero-order chi connectivity index (χ0) is 19.6. The number of hydrogen-bond donors (Lipinski definition) is 1. The van der Waals surface area contributed by atoms with E-state index < -0.39 is 15.9 Å². The molecule has 1 saturated heterocycles. The highest BCUT2D eigenvalue weighted by Crippen LogP contribution is 2.25. The van der Waals surface area contributed by atoms with Gasteiger partial charge in [0.15, 0.2) is 0 Å². The van der Waals surface area contributed by atoms with Crippen LogP contribution in [0.3, 0.4) is 0 Å². The van der Waals surface area contributed by atoms with Crippen molar-refractivity contribution >= 4 is 21.6 Å². The molecule has 3 rings (SSSR count). The number of rotatable bonds is 4. The fraction of sp³-hybridized carbons (Fsp3) is 0.350. The second kappa shape index (κ2) is 7.78. The highest BCUT2D eigenvalue weighted by molar-refractivity contribution is 7.89. The minimum Gasteiger partial charge on any atom is -0.326 e. The average molecular weight is 390 g/mol. The number of aryl methyl sites for hydroxylation is 2. The molecule has 1 aliphatic heterocycles. The minimum absolute atomic E-state index is 0.121. The summed E-state index contributed by atoms with van der Waals surface area (Å²) in [5, 5.41) is 2.70. The van der Waals surface area contributed by atoms with Crippen LogP contribution in [-0.4, -0.2) is 31.7 Å². The first-order valence-electron chi connectivity index (χ1n) is 8.91. The van der Waals surface area contributed by atoms with Gasteiger partial charge >= 0.3 is 0 Å². The van der Waals surface area contributed by atoms with E-state index in [1.807, 2.05) is 6.92 Å². The molecule has 1 unspecified atom stereocenters. The molecule has 1 atom stereocenters. The van der Waals surface area contributed by atoms with Gasteiger partial charge in [0, 0.05) is 18.8 Å². The molecule has 0 saturated carbocycles. The molecule has 2 aromatic rings. The normalized spacial score (nSPS) is 18.3. The fourth-order valence-electron chi connectivity index (χ4n) is 3.15. The zero-order valence-electron chi connectivity index (χ0n) is 15.4. The molecule has 1 amide bonds. The van der Waals surface area contributed by atoms with Crippen LogP contribution < -0.4 is 5.32 Å². The average Bonchev–Trinajstić information content (AvgIpc) is 2.65. The Labute approximate surface area is 159 Å². The van der Waals surface area contributed by atoms with E-state index in [2.05, 4.69) is 5.32 Å². The number of hydrogen-bond acceptors (Lipinski definition) is 3. The quantitative estimate of drug-likeness (QED) is 0.869. The van der Waals surface area contributed by atoms with Crippen LogP contribution in [0.4, 0.5) is 10.1 Å². The Morgan fingerprint density at radius 3 is 2.52 bits per heavy atom. The van der Waals surface area contributed by atoms with Crippen molar-refractivity contribution in [3.8, 4) is 0 Å². The van der Waals surface area contributed by atoms with Gasteiger partial charge in [0.1, 0.15) is 5.82 Å². The first kappa shape index (κ1) is 19.5. The highest BCUT2D eigenvalue weighted by Gasteiger charge is 2.33. The predicted octanol–water partition coefficient (Wildman–Crippen LogP) is 3.48. The fourth-order valence-corrected chi connectivity index (χ4v) is 4.67. The molecule has 0 aliphatic carbocycles. The molecule has 1 heterocycles. The van der Waals surface area contributed by atoms with Crippen LogP contribution in [0.5, 0.6) is 0 Å². The Kier molecular flexibility index (Phi) is 5.62. The van der Waals surface area contributed by atoms with Gasteiger partial charge in [-0.1, -0.05) is 23.8 Å². The third-order valence-corrected chi connectivity index (χ3v) is 6.73. The number of carbonyl (C=O) groups is 1. The summed E-state index contributed by atoms with van der Waals surface area (Å²) in [5.41, 5.74) is 1.86. The summed E-state index contributed by atoms with van der Waals surface area (Å²) in [6, 6.07) is 11.2. The molecular formula is C20H23FN2O3S. The van der Waals surface area contributed by atoms with Crippen LogP contribution in [-0.2, 0) is 14.8 Å². The summed E-state index contributed by atoms with van der Waals surface area (Å²) in [6.07, 6.45) is 1.20. The monoisotopic (exact) mass is 390 g/mol. The number of anilines is 1. The van der Waals surface area contributed by atoms with E-state index in [9.17, 15) is 17.6 Å². The molecule has 0 spiro atoms. The molecule has 0 aromatic heterocycles. The predicted molar refractivity (Wildman–Crippen MR) is 102 cm³/mol. The van der Waals surface area contributed by atoms with E-state index in [4.69, 9.17) is 0 Å². The van der Waals surface area contributed by atoms with Crippen LogP contribution in [0.25, 0.3) is 0 Å².